The standard InChI is InChI=1S/C5H13NO2S/c1-4(6)5(2)9(3,7)8/h4-5H,6H2,1-3H3/t4-,5+/m1/s1. The van der Waals surface area contributed by atoms with Crippen molar-refractivity contribution in [3.8, 4) is 0 Å². The smallest absolute Gasteiger partial charge is 0.151 e. The minimum absolute atomic E-state index is 0.278. The molecule has 4 heteroatoms. The zero-order valence-electron chi connectivity index (χ0n) is 5.96. The molecule has 0 bridgehead atoms. The van der Waals surface area contributed by atoms with E-state index in [1.807, 2.05) is 0 Å². The minimum Gasteiger partial charge on any atom is -0.327 e. The molecular formula is C5H13NO2S. The van der Waals surface area contributed by atoms with Crippen LogP contribution in [-0.2, 0) is 9.84 Å². The van der Waals surface area contributed by atoms with Crippen LogP contribution in [0.2, 0.25) is 0 Å². The van der Waals surface area contributed by atoms with Crippen LogP contribution in [0.3, 0.4) is 0 Å². The van der Waals surface area contributed by atoms with Gasteiger partial charge in [0.25, 0.3) is 0 Å². The van der Waals surface area contributed by atoms with Gasteiger partial charge in [-0.2, -0.15) is 0 Å². The number of sulfone groups is 1. The lowest BCUT2D eigenvalue weighted by molar-refractivity contribution is 0.574. The van der Waals surface area contributed by atoms with Gasteiger partial charge in [-0.1, -0.05) is 0 Å². The van der Waals surface area contributed by atoms with Crippen LogP contribution >= 0.6 is 0 Å². The summed E-state index contributed by atoms with van der Waals surface area (Å²) in [5.41, 5.74) is 5.34. The third kappa shape index (κ3) is 2.81. The first-order valence-corrected chi connectivity index (χ1v) is 4.75. The maximum Gasteiger partial charge on any atom is 0.151 e. The van der Waals surface area contributed by atoms with Crippen LogP contribution < -0.4 is 5.73 Å². The first-order valence-electron chi connectivity index (χ1n) is 2.80. The molecule has 0 aliphatic rings. The molecule has 0 radical (unpaired) electrons. The zero-order valence-corrected chi connectivity index (χ0v) is 6.77. The molecule has 0 spiro atoms. The lowest BCUT2D eigenvalue weighted by atomic mass is 10.3. The third-order valence-electron chi connectivity index (χ3n) is 1.42. The highest BCUT2D eigenvalue weighted by atomic mass is 32.2. The molecule has 0 aromatic rings. The Labute approximate surface area is 56.2 Å². The van der Waals surface area contributed by atoms with Gasteiger partial charge in [0, 0.05) is 12.3 Å². The maximum atomic E-state index is 10.7. The van der Waals surface area contributed by atoms with Crippen LogP contribution in [0.25, 0.3) is 0 Å². The minimum atomic E-state index is -2.93. The van der Waals surface area contributed by atoms with Crippen molar-refractivity contribution in [3.05, 3.63) is 0 Å². The highest BCUT2D eigenvalue weighted by Crippen LogP contribution is 2.00. The van der Waals surface area contributed by atoms with E-state index in [4.69, 9.17) is 5.73 Å². The summed E-state index contributed by atoms with van der Waals surface area (Å²) < 4.78 is 21.4. The predicted octanol–water partition coefficient (Wildman–Crippen LogP) is -0.233. The first kappa shape index (κ1) is 8.91. The highest BCUT2D eigenvalue weighted by Gasteiger charge is 2.18. The van der Waals surface area contributed by atoms with Crippen molar-refractivity contribution in [2.45, 2.75) is 25.1 Å². The van der Waals surface area contributed by atoms with Gasteiger partial charge in [0.15, 0.2) is 9.84 Å². The fraction of sp³-hybridized carbons (Fsp3) is 1.00. The quantitative estimate of drug-likeness (QED) is 0.593. The van der Waals surface area contributed by atoms with E-state index in [-0.39, 0.29) is 6.04 Å². The fourth-order valence-corrected chi connectivity index (χ4v) is 1.17. The Bertz CT molecular complexity index is 171. The summed E-state index contributed by atoms with van der Waals surface area (Å²) in [5.74, 6) is 0. The molecule has 0 aromatic heterocycles. The van der Waals surface area contributed by atoms with E-state index in [1.165, 1.54) is 6.26 Å². The van der Waals surface area contributed by atoms with Gasteiger partial charge in [-0.15, -0.1) is 0 Å². The molecule has 2 N–H and O–H groups in total. The van der Waals surface area contributed by atoms with Crippen molar-refractivity contribution < 1.29 is 8.42 Å². The van der Waals surface area contributed by atoms with Gasteiger partial charge in [-0.3, -0.25) is 0 Å². The van der Waals surface area contributed by atoms with Crippen LogP contribution in [-0.4, -0.2) is 26.0 Å². The van der Waals surface area contributed by atoms with Crippen LogP contribution in [0.1, 0.15) is 13.8 Å². The van der Waals surface area contributed by atoms with E-state index in [9.17, 15) is 8.42 Å². The molecule has 3 nitrogen and oxygen atoms in total. The van der Waals surface area contributed by atoms with Crippen molar-refractivity contribution in [1.29, 1.82) is 0 Å². The average Bonchev–Trinajstić information content (AvgIpc) is 1.62. The van der Waals surface area contributed by atoms with Gasteiger partial charge >= 0.3 is 0 Å². The number of hydrogen-bond donors (Lipinski definition) is 1. The van der Waals surface area contributed by atoms with E-state index in [0.717, 1.165) is 0 Å². The molecule has 0 saturated carbocycles. The SMILES string of the molecule is C[C@@H](N)[C@H](C)S(C)(=O)=O. The summed E-state index contributed by atoms with van der Waals surface area (Å²) in [6, 6.07) is -0.278. The molecule has 56 valence electrons. The maximum absolute atomic E-state index is 10.7. The predicted molar refractivity (Wildman–Crippen MR) is 38.0 cm³/mol. The normalized spacial score (nSPS) is 19.1. The Morgan fingerprint density at radius 2 is 1.67 bits per heavy atom. The number of nitrogens with two attached hydrogens (primary N) is 1. The summed E-state index contributed by atoms with van der Waals surface area (Å²) in [7, 11) is -2.93. The Morgan fingerprint density at radius 3 is 1.67 bits per heavy atom. The first-order chi connectivity index (χ1) is 3.85. The third-order valence-corrected chi connectivity index (χ3v) is 3.20. The molecule has 0 aromatic carbocycles. The average molecular weight is 151 g/mol. The molecule has 0 fully saturated rings. The van der Waals surface area contributed by atoms with Gasteiger partial charge < -0.3 is 5.73 Å². The van der Waals surface area contributed by atoms with Crippen LogP contribution in [0.4, 0.5) is 0 Å². The van der Waals surface area contributed by atoms with Crippen LogP contribution in [0.5, 0.6) is 0 Å². The van der Waals surface area contributed by atoms with E-state index in [1.54, 1.807) is 13.8 Å². The molecule has 9 heavy (non-hydrogen) atoms. The molecule has 0 amide bonds. The Morgan fingerprint density at radius 1 is 1.33 bits per heavy atom. The summed E-state index contributed by atoms with van der Waals surface area (Å²) in [6.07, 6.45) is 1.20. The molecule has 0 unspecified atom stereocenters. The topological polar surface area (TPSA) is 60.2 Å². The van der Waals surface area contributed by atoms with E-state index in [2.05, 4.69) is 0 Å². The molecule has 0 rings (SSSR count). The lowest BCUT2D eigenvalue weighted by Gasteiger charge is -2.11. The van der Waals surface area contributed by atoms with Gasteiger partial charge in [0.2, 0.25) is 0 Å². The van der Waals surface area contributed by atoms with Gasteiger partial charge in [0.05, 0.1) is 5.25 Å². The molecule has 0 aliphatic carbocycles. The second-order valence-corrected chi connectivity index (χ2v) is 4.80. The van der Waals surface area contributed by atoms with Crippen molar-refractivity contribution in [3.63, 3.8) is 0 Å². The van der Waals surface area contributed by atoms with Crippen LogP contribution in [0, 0.1) is 0 Å². The number of hydrogen-bond acceptors (Lipinski definition) is 3. The zero-order chi connectivity index (χ0) is 7.65. The largest absolute Gasteiger partial charge is 0.327 e. The molecule has 2 atom stereocenters. The van der Waals surface area contributed by atoms with E-state index >= 15 is 0 Å². The Balaban J connectivity index is 4.24. The molecular weight excluding hydrogens is 138 g/mol. The Hall–Kier alpha value is -0.0900. The summed E-state index contributed by atoms with van der Waals surface area (Å²) in [5, 5.41) is -0.433. The monoisotopic (exact) mass is 151 g/mol. The molecule has 0 saturated heterocycles. The number of rotatable bonds is 2. The molecule has 0 heterocycles. The summed E-state index contributed by atoms with van der Waals surface area (Å²) in [4.78, 5) is 0. The van der Waals surface area contributed by atoms with Crippen molar-refractivity contribution in [2.24, 2.45) is 5.73 Å². The summed E-state index contributed by atoms with van der Waals surface area (Å²) in [6.45, 7) is 3.30. The van der Waals surface area contributed by atoms with Crippen molar-refractivity contribution >= 4 is 9.84 Å². The van der Waals surface area contributed by atoms with Crippen LogP contribution in [0.15, 0.2) is 0 Å². The highest BCUT2D eigenvalue weighted by molar-refractivity contribution is 7.91. The van der Waals surface area contributed by atoms with Gasteiger partial charge in [-0.25, -0.2) is 8.42 Å². The van der Waals surface area contributed by atoms with Crippen molar-refractivity contribution in [1.82, 2.24) is 0 Å². The Kier molecular flexibility index (Phi) is 2.64. The second kappa shape index (κ2) is 2.66. The van der Waals surface area contributed by atoms with Crippen molar-refractivity contribution in [2.75, 3.05) is 6.26 Å². The molecule has 0 aliphatic heterocycles. The summed E-state index contributed by atoms with van der Waals surface area (Å²) >= 11 is 0. The van der Waals surface area contributed by atoms with Gasteiger partial charge in [0.1, 0.15) is 0 Å². The van der Waals surface area contributed by atoms with E-state index in [0.29, 0.717) is 0 Å². The van der Waals surface area contributed by atoms with E-state index < -0.39 is 15.1 Å². The lowest BCUT2D eigenvalue weighted by Crippen LogP contribution is -2.34. The fourth-order valence-electron chi connectivity index (χ4n) is 0.390. The van der Waals surface area contributed by atoms with Gasteiger partial charge in [-0.05, 0) is 13.8 Å². The second-order valence-electron chi connectivity index (χ2n) is 2.39.